The van der Waals surface area contributed by atoms with Crippen LogP contribution in [0.4, 0.5) is 4.39 Å². The molecule has 0 fully saturated rings. The second-order valence-electron chi connectivity index (χ2n) is 4.49. The van der Waals surface area contributed by atoms with Crippen LogP contribution >= 0.6 is 11.6 Å². The Morgan fingerprint density at radius 2 is 1.76 bits per heavy atom. The Morgan fingerprint density at radius 1 is 1.10 bits per heavy atom. The Morgan fingerprint density at radius 3 is 2.43 bits per heavy atom. The van der Waals surface area contributed by atoms with Gasteiger partial charge >= 0.3 is 5.97 Å². The number of benzene rings is 2. The summed E-state index contributed by atoms with van der Waals surface area (Å²) in [5.74, 6) is -1.65. The zero-order valence-corrected chi connectivity index (χ0v) is 11.4. The van der Waals surface area contributed by atoms with Crippen molar-refractivity contribution in [3.05, 3.63) is 64.9 Å². The fourth-order valence-corrected chi connectivity index (χ4v) is 2.36. The topological polar surface area (TPSA) is 50.2 Å². The molecule has 0 spiro atoms. The highest BCUT2D eigenvalue weighted by atomic mass is 35.5. The van der Waals surface area contributed by atoms with Crippen molar-refractivity contribution in [2.75, 3.05) is 0 Å². The number of aromatic carboxylic acids is 1. The molecule has 0 aliphatic heterocycles. The minimum absolute atomic E-state index is 0.0120. The fourth-order valence-electron chi connectivity index (χ4n) is 2.11. The number of fused-ring (bicyclic) bond motifs is 1. The van der Waals surface area contributed by atoms with E-state index in [1.807, 2.05) is 0 Å². The van der Waals surface area contributed by atoms with Gasteiger partial charge in [0.15, 0.2) is 5.82 Å². The maximum absolute atomic E-state index is 14.4. The van der Waals surface area contributed by atoms with Crippen molar-refractivity contribution in [1.82, 2.24) is 4.98 Å². The molecule has 2 aromatic carbocycles. The van der Waals surface area contributed by atoms with Crippen LogP contribution in [0.15, 0.2) is 48.5 Å². The third kappa shape index (κ3) is 2.34. The molecule has 0 aliphatic rings. The number of aromatic nitrogens is 1. The molecule has 1 heterocycles. The molecule has 0 amide bonds. The molecule has 0 bridgehead atoms. The number of hydrogen-bond donors (Lipinski definition) is 1. The summed E-state index contributed by atoms with van der Waals surface area (Å²) in [7, 11) is 0. The number of rotatable bonds is 2. The summed E-state index contributed by atoms with van der Waals surface area (Å²) >= 11 is 6.05. The molecule has 104 valence electrons. The van der Waals surface area contributed by atoms with E-state index in [1.165, 1.54) is 24.3 Å². The van der Waals surface area contributed by atoms with Gasteiger partial charge in [-0.05, 0) is 18.2 Å². The molecule has 3 nitrogen and oxygen atoms in total. The van der Waals surface area contributed by atoms with E-state index in [0.717, 1.165) is 0 Å². The van der Waals surface area contributed by atoms with Crippen LogP contribution in [0, 0.1) is 5.82 Å². The maximum atomic E-state index is 14.4. The van der Waals surface area contributed by atoms with Crippen LogP contribution < -0.4 is 0 Å². The van der Waals surface area contributed by atoms with Crippen LogP contribution in [-0.2, 0) is 0 Å². The zero-order valence-electron chi connectivity index (χ0n) is 10.7. The standard InChI is InChI=1S/C16H9ClFNO2/c17-13-11-3-1-2-4-12(11)19-15(14(13)18)9-5-7-10(8-6-9)16(20)21/h1-8H,(H,20,21). The lowest BCUT2D eigenvalue weighted by Gasteiger charge is -2.08. The Bertz CT molecular complexity index is 847. The number of para-hydroxylation sites is 1. The van der Waals surface area contributed by atoms with Crippen molar-refractivity contribution in [2.24, 2.45) is 0 Å². The van der Waals surface area contributed by atoms with Crippen molar-refractivity contribution in [1.29, 1.82) is 0 Å². The first kappa shape index (κ1) is 13.5. The Labute approximate surface area is 124 Å². The molecule has 0 atom stereocenters. The smallest absolute Gasteiger partial charge is 0.335 e. The summed E-state index contributed by atoms with van der Waals surface area (Å²) in [6, 6.07) is 12.8. The first-order valence-electron chi connectivity index (χ1n) is 6.15. The van der Waals surface area contributed by atoms with Gasteiger partial charge in [-0.3, -0.25) is 0 Å². The lowest BCUT2D eigenvalue weighted by Crippen LogP contribution is -1.97. The number of carbonyl (C=O) groups is 1. The van der Waals surface area contributed by atoms with Crippen molar-refractivity contribution in [2.45, 2.75) is 0 Å². The molecular weight excluding hydrogens is 293 g/mol. The van der Waals surface area contributed by atoms with Gasteiger partial charge in [0.2, 0.25) is 0 Å². The number of carboxylic acid groups (broad SMARTS) is 1. The van der Waals surface area contributed by atoms with Crippen molar-refractivity contribution in [3.8, 4) is 11.3 Å². The molecule has 3 aromatic rings. The van der Waals surface area contributed by atoms with Crippen molar-refractivity contribution >= 4 is 28.5 Å². The van der Waals surface area contributed by atoms with Gasteiger partial charge < -0.3 is 5.11 Å². The summed E-state index contributed by atoms with van der Waals surface area (Å²) in [4.78, 5) is 15.1. The Balaban J connectivity index is 2.20. The average molecular weight is 302 g/mol. The fraction of sp³-hybridized carbons (Fsp3) is 0. The molecule has 21 heavy (non-hydrogen) atoms. The van der Waals surface area contributed by atoms with Crippen LogP contribution in [-0.4, -0.2) is 16.1 Å². The highest BCUT2D eigenvalue weighted by Gasteiger charge is 2.15. The SMILES string of the molecule is O=C(O)c1ccc(-c2nc3ccccc3c(Cl)c2F)cc1. The average Bonchev–Trinajstić information content (AvgIpc) is 2.51. The van der Waals surface area contributed by atoms with Crippen LogP contribution in [0.25, 0.3) is 22.2 Å². The number of pyridine rings is 1. The van der Waals surface area contributed by atoms with Gasteiger partial charge in [-0.2, -0.15) is 0 Å². The van der Waals surface area contributed by atoms with E-state index >= 15 is 0 Å². The van der Waals surface area contributed by atoms with Crippen molar-refractivity contribution < 1.29 is 14.3 Å². The van der Waals surface area contributed by atoms with Gasteiger partial charge in [-0.1, -0.05) is 41.9 Å². The highest BCUT2D eigenvalue weighted by Crippen LogP contribution is 2.32. The second-order valence-corrected chi connectivity index (χ2v) is 4.87. The molecule has 5 heteroatoms. The number of nitrogens with zero attached hydrogens (tertiary/aromatic N) is 1. The van der Waals surface area contributed by atoms with Crippen LogP contribution in [0.3, 0.4) is 0 Å². The monoisotopic (exact) mass is 301 g/mol. The molecule has 0 saturated carbocycles. The zero-order chi connectivity index (χ0) is 15.0. The van der Waals surface area contributed by atoms with E-state index < -0.39 is 11.8 Å². The van der Waals surface area contributed by atoms with Gasteiger partial charge in [0.25, 0.3) is 0 Å². The van der Waals surface area contributed by atoms with Crippen molar-refractivity contribution in [3.63, 3.8) is 0 Å². The Kier molecular flexibility index (Phi) is 3.31. The summed E-state index contributed by atoms with van der Waals surface area (Å²) in [5, 5.41) is 9.43. The largest absolute Gasteiger partial charge is 0.478 e. The highest BCUT2D eigenvalue weighted by molar-refractivity contribution is 6.35. The lowest BCUT2D eigenvalue weighted by atomic mass is 10.1. The molecule has 3 rings (SSSR count). The van der Waals surface area contributed by atoms with Gasteiger partial charge in [0, 0.05) is 10.9 Å². The van der Waals surface area contributed by atoms with E-state index in [2.05, 4.69) is 4.98 Å². The van der Waals surface area contributed by atoms with Gasteiger partial charge in [0.05, 0.1) is 16.1 Å². The maximum Gasteiger partial charge on any atom is 0.335 e. The normalized spacial score (nSPS) is 10.8. The predicted octanol–water partition coefficient (Wildman–Crippen LogP) is 4.39. The first-order valence-corrected chi connectivity index (χ1v) is 6.53. The summed E-state index contributed by atoms with van der Waals surface area (Å²) in [5.41, 5.74) is 1.30. The third-order valence-corrected chi connectivity index (χ3v) is 3.55. The van der Waals surface area contributed by atoms with E-state index in [1.54, 1.807) is 24.3 Å². The Hall–Kier alpha value is -2.46. The van der Waals surface area contributed by atoms with Gasteiger partial charge in [-0.15, -0.1) is 0 Å². The summed E-state index contributed by atoms with van der Waals surface area (Å²) in [6.07, 6.45) is 0. The van der Waals surface area contributed by atoms with Crippen LogP contribution in [0.1, 0.15) is 10.4 Å². The molecule has 0 radical (unpaired) electrons. The van der Waals surface area contributed by atoms with E-state index in [0.29, 0.717) is 16.5 Å². The van der Waals surface area contributed by atoms with E-state index in [4.69, 9.17) is 16.7 Å². The molecular formula is C16H9ClFNO2. The first-order chi connectivity index (χ1) is 10.1. The van der Waals surface area contributed by atoms with E-state index in [9.17, 15) is 9.18 Å². The number of halogens is 2. The van der Waals surface area contributed by atoms with E-state index in [-0.39, 0.29) is 16.3 Å². The molecule has 0 unspecified atom stereocenters. The molecule has 1 aromatic heterocycles. The predicted molar refractivity (Wildman–Crippen MR) is 79.1 cm³/mol. The molecule has 0 saturated heterocycles. The molecule has 1 N–H and O–H groups in total. The van der Waals surface area contributed by atoms with Crippen LogP contribution in [0.5, 0.6) is 0 Å². The molecule has 0 aliphatic carbocycles. The summed E-state index contributed by atoms with van der Waals surface area (Å²) < 4.78 is 14.4. The minimum atomic E-state index is -1.04. The number of hydrogen-bond acceptors (Lipinski definition) is 2. The second kappa shape index (κ2) is 5.14. The van der Waals surface area contributed by atoms with Gasteiger partial charge in [0.1, 0.15) is 5.69 Å². The lowest BCUT2D eigenvalue weighted by molar-refractivity contribution is 0.0697. The van der Waals surface area contributed by atoms with Crippen LogP contribution in [0.2, 0.25) is 5.02 Å². The summed E-state index contributed by atoms with van der Waals surface area (Å²) in [6.45, 7) is 0. The number of carboxylic acids is 1. The van der Waals surface area contributed by atoms with Gasteiger partial charge in [-0.25, -0.2) is 14.2 Å². The third-order valence-electron chi connectivity index (χ3n) is 3.18. The minimum Gasteiger partial charge on any atom is -0.478 e. The quantitative estimate of drug-likeness (QED) is 0.763.